The number of ketones is 1. The highest BCUT2D eigenvalue weighted by Crippen LogP contribution is 2.40. The van der Waals surface area contributed by atoms with E-state index in [1.165, 1.54) is 11.0 Å². The van der Waals surface area contributed by atoms with Crippen molar-refractivity contribution in [2.45, 2.75) is 38.8 Å². The Morgan fingerprint density at radius 2 is 2.04 bits per heavy atom. The van der Waals surface area contributed by atoms with Crippen LogP contribution in [0.25, 0.3) is 0 Å². The zero-order valence-electron chi connectivity index (χ0n) is 13.1. The summed E-state index contributed by atoms with van der Waals surface area (Å²) in [4.78, 5) is 37.2. The van der Waals surface area contributed by atoms with Gasteiger partial charge in [-0.2, -0.15) is 0 Å². The predicted molar refractivity (Wildman–Crippen MR) is 85.4 cm³/mol. The van der Waals surface area contributed by atoms with Gasteiger partial charge in [-0.15, -0.1) is 11.6 Å². The van der Waals surface area contributed by atoms with Gasteiger partial charge in [-0.3, -0.25) is 14.5 Å². The summed E-state index contributed by atoms with van der Waals surface area (Å²) >= 11 is 5.56. The van der Waals surface area contributed by atoms with Gasteiger partial charge in [0.05, 0.1) is 11.6 Å². The van der Waals surface area contributed by atoms with E-state index in [-0.39, 0.29) is 23.8 Å². The first-order chi connectivity index (χ1) is 10.7. The van der Waals surface area contributed by atoms with Crippen molar-refractivity contribution >= 4 is 34.9 Å². The van der Waals surface area contributed by atoms with Gasteiger partial charge in [-0.1, -0.05) is 6.92 Å². The molecule has 1 amide bonds. The molecule has 0 fully saturated rings. The fourth-order valence-electron chi connectivity index (χ4n) is 2.54. The van der Waals surface area contributed by atoms with Crippen LogP contribution in [0.3, 0.4) is 0 Å². The van der Waals surface area contributed by atoms with Crippen molar-refractivity contribution in [3.05, 3.63) is 23.8 Å². The molecule has 0 saturated carbocycles. The van der Waals surface area contributed by atoms with Crippen molar-refractivity contribution in [1.82, 2.24) is 0 Å². The number of ether oxygens (including phenoxy) is 1. The quantitative estimate of drug-likeness (QED) is 0.658. The number of hydrogen-bond donors (Lipinski definition) is 1. The minimum atomic E-state index is -1.19. The molecule has 0 aliphatic carbocycles. The Bertz CT molecular complexity index is 670. The second-order valence-electron chi connectivity index (χ2n) is 5.79. The zero-order valence-corrected chi connectivity index (χ0v) is 13.9. The molecule has 1 aliphatic heterocycles. The van der Waals surface area contributed by atoms with Crippen LogP contribution in [-0.4, -0.2) is 40.3 Å². The Labute approximate surface area is 139 Å². The average molecular weight is 340 g/mol. The third-order valence-electron chi connectivity index (χ3n) is 3.74. The van der Waals surface area contributed by atoms with Gasteiger partial charge in [-0.25, -0.2) is 4.79 Å². The van der Waals surface area contributed by atoms with E-state index in [9.17, 15) is 19.5 Å². The Kier molecular flexibility index (Phi) is 4.66. The summed E-state index contributed by atoms with van der Waals surface area (Å²) in [6.07, 6.45) is 0.226. The van der Waals surface area contributed by atoms with Crippen LogP contribution in [0.4, 0.5) is 5.69 Å². The minimum absolute atomic E-state index is 0.199. The molecule has 0 spiro atoms. The number of nitrogens with zero attached hydrogens (tertiary/aromatic N) is 1. The number of fused-ring (bicyclic) bond motifs is 1. The van der Waals surface area contributed by atoms with E-state index >= 15 is 0 Å². The van der Waals surface area contributed by atoms with Crippen LogP contribution in [0.5, 0.6) is 5.75 Å². The van der Waals surface area contributed by atoms with Crippen molar-refractivity contribution < 1.29 is 24.2 Å². The van der Waals surface area contributed by atoms with Gasteiger partial charge in [0.1, 0.15) is 11.8 Å². The number of benzene rings is 1. The maximum atomic E-state index is 12.7. The van der Waals surface area contributed by atoms with Crippen LogP contribution in [0, 0.1) is 0 Å². The van der Waals surface area contributed by atoms with Crippen LogP contribution in [0.2, 0.25) is 0 Å². The van der Waals surface area contributed by atoms with Crippen LogP contribution >= 0.6 is 11.6 Å². The van der Waals surface area contributed by atoms with Crippen molar-refractivity contribution in [1.29, 1.82) is 0 Å². The van der Waals surface area contributed by atoms with Crippen LogP contribution < -0.4 is 9.64 Å². The maximum absolute atomic E-state index is 12.7. The molecule has 0 radical (unpaired) electrons. The molecular formula is C16H18ClNO5. The molecule has 1 aromatic carbocycles. The Balaban J connectivity index is 2.63. The largest absolute Gasteiger partial charge is 0.480 e. The number of anilines is 1. The summed E-state index contributed by atoms with van der Waals surface area (Å²) in [6.45, 7) is 4.84. The number of carbonyl (C=O) groups is 3. The number of amides is 1. The van der Waals surface area contributed by atoms with Gasteiger partial charge in [0.25, 0.3) is 5.91 Å². The lowest BCUT2D eigenvalue weighted by molar-refractivity contribution is -0.143. The predicted octanol–water partition coefficient (Wildman–Crippen LogP) is 2.48. The van der Waals surface area contributed by atoms with E-state index in [2.05, 4.69) is 0 Å². The standard InChI is InChI=1S/C16H18ClNO5/c1-4-10(14(20)21)18-11-7-9(12(19)8-17)5-6-13(11)23-16(2,3)15(18)22/h5-7,10H,4,8H2,1-3H3,(H,20,21). The molecule has 0 aromatic heterocycles. The fourth-order valence-corrected chi connectivity index (χ4v) is 2.69. The number of carboxylic acids is 1. The van der Waals surface area contributed by atoms with E-state index < -0.39 is 23.5 Å². The van der Waals surface area contributed by atoms with E-state index in [0.717, 1.165) is 0 Å². The number of rotatable bonds is 5. The number of carbonyl (C=O) groups excluding carboxylic acids is 2. The summed E-state index contributed by atoms with van der Waals surface area (Å²) in [5.74, 6) is -1.72. The summed E-state index contributed by atoms with van der Waals surface area (Å²) in [6, 6.07) is 3.53. The van der Waals surface area contributed by atoms with Gasteiger partial charge in [0, 0.05) is 5.56 Å². The molecule has 1 N–H and O–H groups in total. The van der Waals surface area contributed by atoms with Gasteiger partial charge in [0.15, 0.2) is 11.4 Å². The molecule has 23 heavy (non-hydrogen) atoms. The van der Waals surface area contributed by atoms with Crippen molar-refractivity contribution in [3.63, 3.8) is 0 Å². The number of Topliss-reactive ketones (excluding diaryl/α,β-unsaturated/α-hetero) is 1. The monoisotopic (exact) mass is 339 g/mol. The van der Waals surface area contributed by atoms with E-state index in [0.29, 0.717) is 11.3 Å². The van der Waals surface area contributed by atoms with Crippen LogP contribution in [-0.2, 0) is 9.59 Å². The summed E-state index contributed by atoms with van der Waals surface area (Å²) < 4.78 is 5.68. The van der Waals surface area contributed by atoms with Crippen LogP contribution in [0.1, 0.15) is 37.6 Å². The Morgan fingerprint density at radius 1 is 1.39 bits per heavy atom. The summed E-state index contributed by atoms with van der Waals surface area (Å²) in [5.41, 5.74) is -0.604. The second kappa shape index (κ2) is 6.20. The van der Waals surface area contributed by atoms with Gasteiger partial charge >= 0.3 is 5.97 Å². The first-order valence-corrected chi connectivity index (χ1v) is 7.75. The number of halogens is 1. The average Bonchev–Trinajstić information content (AvgIpc) is 2.50. The number of aliphatic carboxylic acids is 1. The summed E-state index contributed by atoms with van der Waals surface area (Å²) in [5, 5.41) is 9.44. The summed E-state index contributed by atoms with van der Waals surface area (Å²) in [7, 11) is 0. The first kappa shape index (κ1) is 17.3. The highest BCUT2D eigenvalue weighted by molar-refractivity contribution is 6.30. The van der Waals surface area contributed by atoms with Crippen molar-refractivity contribution in [2.75, 3.05) is 10.8 Å². The topological polar surface area (TPSA) is 83.9 Å². The first-order valence-electron chi connectivity index (χ1n) is 7.21. The van der Waals surface area contributed by atoms with Crippen LogP contribution in [0.15, 0.2) is 18.2 Å². The van der Waals surface area contributed by atoms with Gasteiger partial charge in [-0.05, 0) is 38.5 Å². The van der Waals surface area contributed by atoms with Gasteiger partial charge in [0.2, 0.25) is 0 Å². The molecule has 0 saturated heterocycles. The SMILES string of the molecule is CCC(C(=O)O)N1C(=O)C(C)(C)Oc2ccc(C(=O)CCl)cc21. The molecule has 1 aromatic rings. The normalized spacial score (nSPS) is 17.2. The van der Waals surface area contributed by atoms with E-state index in [1.807, 2.05) is 0 Å². The molecule has 2 rings (SSSR count). The maximum Gasteiger partial charge on any atom is 0.326 e. The Hall–Kier alpha value is -2.08. The lowest BCUT2D eigenvalue weighted by atomic mass is 9.99. The molecule has 124 valence electrons. The molecule has 7 heteroatoms. The van der Waals surface area contributed by atoms with Gasteiger partial charge < -0.3 is 9.84 Å². The minimum Gasteiger partial charge on any atom is -0.480 e. The Morgan fingerprint density at radius 3 is 2.57 bits per heavy atom. The molecule has 1 aliphatic rings. The van der Waals surface area contributed by atoms with Crippen molar-refractivity contribution in [3.8, 4) is 5.75 Å². The lowest BCUT2D eigenvalue weighted by Crippen LogP contribution is -2.57. The molecule has 1 unspecified atom stereocenters. The van der Waals surface area contributed by atoms with E-state index in [4.69, 9.17) is 16.3 Å². The smallest absolute Gasteiger partial charge is 0.326 e. The molecule has 1 atom stereocenters. The molecule has 1 heterocycles. The molecular weight excluding hydrogens is 322 g/mol. The molecule has 0 bridgehead atoms. The molecule has 6 nitrogen and oxygen atoms in total. The number of carboxylic acid groups (broad SMARTS) is 1. The second-order valence-corrected chi connectivity index (χ2v) is 6.06. The lowest BCUT2D eigenvalue weighted by Gasteiger charge is -2.41. The number of hydrogen-bond acceptors (Lipinski definition) is 4. The third-order valence-corrected chi connectivity index (χ3v) is 3.99. The van der Waals surface area contributed by atoms with E-state index in [1.54, 1.807) is 32.9 Å². The van der Waals surface area contributed by atoms with Crippen molar-refractivity contribution in [2.24, 2.45) is 0 Å². The number of alkyl halides is 1. The third kappa shape index (κ3) is 3.03. The highest BCUT2D eigenvalue weighted by atomic mass is 35.5. The highest BCUT2D eigenvalue weighted by Gasteiger charge is 2.45. The zero-order chi connectivity index (χ0) is 17.4. The fraction of sp³-hybridized carbons (Fsp3) is 0.438.